The molecule has 0 amide bonds. The summed E-state index contributed by atoms with van der Waals surface area (Å²) in [5.74, 6) is 1.45. The van der Waals surface area contributed by atoms with Gasteiger partial charge in [-0.2, -0.15) is 4.98 Å². The molecule has 0 radical (unpaired) electrons. The van der Waals surface area contributed by atoms with Crippen LogP contribution < -0.4 is 0 Å². The normalized spacial score (nSPS) is 11.6. The molecule has 174 valence electrons. The molecule has 0 saturated carbocycles. The summed E-state index contributed by atoms with van der Waals surface area (Å²) in [6.07, 6.45) is 8.54. The summed E-state index contributed by atoms with van der Waals surface area (Å²) in [6, 6.07) is 17.2. The average Bonchev–Trinajstić information content (AvgIpc) is 3.49. The van der Waals surface area contributed by atoms with Gasteiger partial charge in [0.15, 0.2) is 5.82 Å². The quantitative estimate of drug-likeness (QED) is 0.190. The number of fused-ring (bicyclic) bond motifs is 1. The zero-order valence-corrected chi connectivity index (χ0v) is 20.7. The molecule has 0 saturated heterocycles. The Labute approximate surface area is 201 Å². The number of aryl methyl sites for hydroxylation is 1. The van der Waals surface area contributed by atoms with E-state index in [1.807, 2.05) is 11.3 Å². The van der Waals surface area contributed by atoms with Crippen LogP contribution in [0.2, 0.25) is 0 Å². The third kappa shape index (κ3) is 6.52. The highest BCUT2D eigenvalue weighted by Gasteiger charge is 2.11. The van der Waals surface area contributed by atoms with Gasteiger partial charge in [0, 0.05) is 29.8 Å². The van der Waals surface area contributed by atoms with Crippen LogP contribution in [0.3, 0.4) is 0 Å². The fraction of sp³-hybridized carbons (Fsp3) is 0.429. The van der Waals surface area contributed by atoms with Crippen molar-refractivity contribution in [2.75, 3.05) is 6.54 Å². The van der Waals surface area contributed by atoms with Crippen LogP contribution in [0.5, 0.6) is 0 Å². The molecule has 2 aromatic heterocycles. The molecule has 2 aromatic carbocycles. The number of hydrogen-bond donors (Lipinski definition) is 0. The summed E-state index contributed by atoms with van der Waals surface area (Å²) >= 11 is 1.83. The standard InChI is InChI=1S/C28H35N3OS/c1-3-5-6-7-8-9-14-27-29-28(32-30-27)23-17-15-22(16-18-23)19-31(4-2)20-24-21-33-26-13-11-10-12-25(24)26/h10-13,15-18,21H,3-9,14,19-20H2,1-2H3. The van der Waals surface area contributed by atoms with Gasteiger partial charge in [0.25, 0.3) is 5.89 Å². The number of hydrogen-bond acceptors (Lipinski definition) is 5. The molecule has 4 aromatic rings. The summed E-state index contributed by atoms with van der Waals surface area (Å²) in [7, 11) is 0. The van der Waals surface area contributed by atoms with Crippen LogP contribution >= 0.6 is 11.3 Å². The molecule has 0 fully saturated rings. The van der Waals surface area contributed by atoms with E-state index in [0.717, 1.165) is 43.9 Å². The predicted molar refractivity (Wildman–Crippen MR) is 138 cm³/mol. The molecule has 0 aliphatic heterocycles. The van der Waals surface area contributed by atoms with Gasteiger partial charge in [-0.15, -0.1) is 11.3 Å². The van der Waals surface area contributed by atoms with Gasteiger partial charge in [-0.25, -0.2) is 0 Å². The Bertz CT molecular complexity index is 1120. The van der Waals surface area contributed by atoms with Crippen LogP contribution in [0.4, 0.5) is 0 Å². The maximum absolute atomic E-state index is 5.53. The summed E-state index contributed by atoms with van der Waals surface area (Å²) in [4.78, 5) is 7.09. The number of benzene rings is 2. The molecular weight excluding hydrogens is 426 g/mol. The molecule has 4 nitrogen and oxygen atoms in total. The summed E-state index contributed by atoms with van der Waals surface area (Å²) < 4.78 is 6.89. The van der Waals surface area contributed by atoms with Crippen LogP contribution in [-0.4, -0.2) is 21.6 Å². The highest BCUT2D eigenvalue weighted by molar-refractivity contribution is 7.17. The van der Waals surface area contributed by atoms with Gasteiger partial charge < -0.3 is 4.52 Å². The zero-order valence-electron chi connectivity index (χ0n) is 19.9. The van der Waals surface area contributed by atoms with Crippen LogP contribution in [0.15, 0.2) is 58.4 Å². The first-order valence-corrected chi connectivity index (χ1v) is 13.2. The van der Waals surface area contributed by atoms with Crippen molar-refractivity contribution in [2.45, 2.75) is 71.9 Å². The van der Waals surface area contributed by atoms with Crippen molar-refractivity contribution in [1.82, 2.24) is 15.0 Å². The summed E-state index contributed by atoms with van der Waals surface area (Å²) in [6.45, 7) is 7.38. The highest BCUT2D eigenvalue weighted by Crippen LogP contribution is 2.27. The van der Waals surface area contributed by atoms with E-state index in [1.54, 1.807) is 0 Å². The van der Waals surface area contributed by atoms with Gasteiger partial charge in [0.05, 0.1) is 0 Å². The van der Waals surface area contributed by atoms with E-state index >= 15 is 0 Å². The molecule has 0 N–H and O–H groups in total. The van der Waals surface area contributed by atoms with Crippen molar-refractivity contribution in [1.29, 1.82) is 0 Å². The third-order valence-corrected chi connectivity index (χ3v) is 7.24. The van der Waals surface area contributed by atoms with Crippen LogP contribution in [0.25, 0.3) is 21.5 Å². The van der Waals surface area contributed by atoms with Gasteiger partial charge in [-0.1, -0.05) is 81.4 Å². The first kappa shape index (κ1) is 23.7. The molecule has 5 heteroatoms. The number of unbranched alkanes of at least 4 members (excludes halogenated alkanes) is 5. The Morgan fingerprint density at radius 3 is 2.48 bits per heavy atom. The maximum Gasteiger partial charge on any atom is 0.257 e. The summed E-state index contributed by atoms with van der Waals surface area (Å²) in [5.41, 5.74) is 3.71. The molecule has 2 heterocycles. The number of nitrogens with zero attached hydrogens (tertiary/aromatic N) is 3. The molecular formula is C28H35N3OS. The topological polar surface area (TPSA) is 42.2 Å². The lowest BCUT2D eigenvalue weighted by Gasteiger charge is -2.20. The number of thiophene rings is 1. The second-order valence-corrected chi connectivity index (χ2v) is 9.70. The molecule has 0 spiro atoms. The maximum atomic E-state index is 5.53. The Hall–Kier alpha value is -2.50. The largest absolute Gasteiger partial charge is 0.334 e. The Morgan fingerprint density at radius 1 is 0.879 bits per heavy atom. The minimum atomic E-state index is 0.625. The van der Waals surface area contributed by atoms with Gasteiger partial charge in [0.2, 0.25) is 0 Å². The predicted octanol–water partition coefficient (Wildman–Crippen LogP) is 7.88. The number of rotatable bonds is 13. The Morgan fingerprint density at radius 2 is 1.67 bits per heavy atom. The second-order valence-electron chi connectivity index (χ2n) is 8.79. The van der Waals surface area contributed by atoms with Crippen molar-refractivity contribution < 1.29 is 4.52 Å². The molecule has 33 heavy (non-hydrogen) atoms. The van der Waals surface area contributed by atoms with Gasteiger partial charge in [-0.05, 0) is 53.1 Å². The lowest BCUT2D eigenvalue weighted by molar-refractivity contribution is 0.272. The van der Waals surface area contributed by atoms with E-state index in [1.165, 1.54) is 53.3 Å². The third-order valence-electron chi connectivity index (χ3n) is 6.23. The highest BCUT2D eigenvalue weighted by atomic mass is 32.1. The molecule has 0 aliphatic rings. The van der Waals surface area contributed by atoms with E-state index < -0.39 is 0 Å². The van der Waals surface area contributed by atoms with Crippen molar-refractivity contribution >= 4 is 21.4 Å². The van der Waals surface area contributed by atoms with Crippen LogP contribution in [0, 0.1) is 0 Å². The van der Waals surface area contributed by atoms with Gasteiger partial charge in [0.1, 0.15) is 0 Å². The van der Waals surface area contributed by atoms with Crippen molar-refractivity contribution in [2.24, 2.45) is 0 Å². The second kappa shape index (κ2) is 12.1. The fourth-order valence-corrected chi connectivity index (χ4v) is 5.18. The van der Waals surface area contributed by atoms with Gasteiger partial charge in [-0.3, -0.25) is 4.90 Å². The molecule has 0 aliphatic carbocycles. The number of aromatic nitrogens is 2. The van der Waals surface area contributed by atoms with E-state index in [-0.39, 0.29) is 0 Å². The zero-order chi connectivity index (χ0) is 22.9. The Kier molecular flexibility index (Phi) is 8.67. The molecule has 0 unspecified atom stereocenters. The Balaban J connectivity index is 1.31. The van der Waals surface area contributed by atoms with E-state index in [0.29, 0.717) is 5.89 Å². The van der Waals surface area contributed by atoms with E-state index in [4.69, 9.17) is 4.52 Å². The van der Waals surface area contributed by atoms with Crippen molar-refractivity contribution in [3.8, 4) is 11.5 Å². The first-order chi connectivity index (χ1) is 16.3. The van der Waals surface area contributed by atoms with Gasteiger partial charge >= 0.3 is 0 Å². The molecule has 0 bridgehead atoms. The minimum Gasteiger partial charge on any atom is -0.334 e. The van der Waals surface area contributed by atoms with Crippen LogP contribution in [0.1, 0.15) is 69.3 Å². The first-order valence-electron chi connectivity index (χ1n) is 12.4. The lowest BCUT2D eigenvalue weighted by Crippen LogP contribution is -2.22. The molecule has 4 rings (SSSR count). The fourth-order valence-electron chi connectivity index (χ4n) is 4.22. The minimum absolute atomic E-state index is 0.625. The monoisotopic (exact) mass is 461 g/mol. The average molecular weight is 462 g/mol. The smallest absolute Gasteiger partial charge is 0.257 e. The van der Waals surface area contributed by atoms with Crippen molar-refractivity contribution in [3.63, 3.8) is 0 Å². The molecule has 0 atom stereocenters. The van der Waals surface area contributed by atoms with E-state index in [9.17, 15) is 0 Å². The lowest BCUT2D eigenvalue weighted by atomic mass is 10.1. The van der Waals surface area contributed by atoms with E-state index in [2.05, 4.69) is 82.8 Å². The SMILES string of the molecule is CCCCCCCCc1noc(-c2ccc(CN(CC)Cc3csc4ccccc34)cc2)n1. The summed E-state index contributed by atoms with van der Waals surface area (Å²) in [5, 5.41) is 7.86. The van der Waals surface area contributed by atoms with Crippen molar-refractivity contribution in [3.05, 3.63) is 70.9 Å². The van der Waals surface area contributed by atoms with Crippen LogP contribution in [-0.2, 0) is 19.5 Å².